The molecule has 0 aliphatic carbocycles. The standard InChI is InChI=1S/C18H22Cl2N4O/c1-4-9-24(10-5-2)17(25)15-11-12(3)21-18(22-15)23-16-13(19)7-6-8-14(16)20/h6-8,11H,4-5,9-10H2,1-3H3,(H,21,22,23). The Labute approximate surface area is 158 Å². The van der Waals surface area contributed by atoms with E-state index in [0.717, 1.165) is 12.8 Å². The summed E-state index contributed by atoms with van der Waals surface area (Å²) in [6.45, 7) is 7.33. The highest BCUT2D eigenvalue weighted by molar-refractivity contribution is 6.39. The van der Waals surface area contributed by atoms with Crippen LogP contribution in [0.1, 0.15) is 42.9 Å². The van der Waals surface area contributed by atoms with Crippen molar-refractivity contribution < 1.29 is 4.79 Å². The number of hydrogen-bond donors (Lipinski definition) is 1. The molecule has 0 fully saturated rings. The van der Waals surface area contributed by atoms with Gasteiger partial charge < -0.3 is 10.2 Å². The van der Waals surface area contributed by atoms with Gasteiger partial charge in [-0.3, -0.25) is 4.79 Å². The van der Waals surface area contributed by atoms with Gasteiger partial charge in [0.2, 0.25) is 5.95 Å². The van der Waals surface area contributed by atoms with Crippen molar-refractivity contribution in [2.45, 2.75) is 33.6 Å². The number of amides is 1. The van der Waals surface area contributed by atoms with E-state index in [4.69, 9.17) is 23.2 Å². The summed E-state index contributed by atoms with van der Waals surface area (Å²) in [7, 11) is 0. The zero-order valence-corrected chi connectivity index (χ0v) is 16.2. The number of nitrogens with one attached hydrogen (secondary N) is 1. The second-order valence-electron chi connectivity index (χ2n) is 5.73. The number of aromatic nitrogens is 2. The molecule has 0 saturated heterocycles. The van der Waals surface area contributed by atoms with Crippen molar-refractivity contribution in [3.05, 3.63) is 45.7 Å². The van der Waals surface area contributed by atoms with Crippen molar-refractivity contribution in [3.8, 4) is 0 Å². The summed E-state index contributed by atoms with van der Waals surface area (Å²) in [5.74, 6) is 0.203. The monoisotopic (exact) mass is 380 g/mol. The largest absolute Gasteiger partial charge is 0.337 e. The van der Waals surface area contributed by atoms with E-state index in [-0.39, 0.29) is 5.91 Å². The smallest absolute Gasteiger partial charge is 0.272 e. The van der Waals surface area contributed by atoms with Crippen LogP contribution in [0.3, 0.4) is 0 Å². The van der Waals surface area contributed by atoms with E-state index in [0.29, 0.717) is 46.2 Å². The minimum Gasteiger partial charge on any atom is -0.337 e. The van der Waals surface area contributed by atoms with Crippen molar-refractivity contribution in [2.75, 3.05) is 18.4 Å². The molecule has 2 aromatic rings. The van der Waals surface area contributed by atoms with Crippen LogP contribution in [0, 0.1) is 6.92 Å². The van der Waals surface area contributed by atoms with Crippen LogP contribution in [-0.2, 0) is 0 Å². The van der Waals surface area contributed by atoms with Crippen LogP contribution in [0.25, 0.3) is 0 Å². The molecule has 0 atom stereocenters. The molecule has 0 saturated carbocycles. The Balaban J connectivity index is 2.32. The Kier molecular flexibility index (Phi) is 7.02. The molecule has 1 aromatic heterocycles. The van der Waals surface area contributed by atoms with Crippen molar-refractivity contribution in [3.63, 3.8) is 0 Å². The topological polar surface area (TPSA) is 58.1 Å². The number of hydrogen-bond acceptors (Lipinski definition) is 4. The lowest BCUT2D eigenvalue weighted by molar-refractivity contribution is 0.0749. The number of rotatable bonds is 7. The van der Waals surface area contributed by atoms with E-state index in [1.54, 1.807) is 24.3 Å². The third-order valence-electron chi connectivity index (χ3n) is 3.55. The molecule has 0 spiro atoms. The lowest BCUT2D eigenvalue weighted by Gasteiger charge is -2.21. The highest BCUT2D eigenvalue weighted by atomic mass is 35.5. The molecule has 7 heteroatoms. The normalized spacial score (nSPS) is 10.6. The van der Waals surface area contributed by atoms with Crippen molar-refractivity contribution in [1.29, 1.82) is 0 Å². The van der Waals surface area contributed by atoms with Crippen LogP contribution in [0.2, 0.25) is 10.0 Å². The number of halogens is 2. The maximum absolute atomic E-state index is 12.8. The molecule has 5 nitrogen and oxygen atoms in total. The summed E-state index contributed by atoms with van der Waals surface area (Å²) in [4.78, 5) is 23.3. The van der Waals surface area contributed by atoms with Gasteiger partial charge in [-0.1, -0.05) is 43.1 Å². The van der Waals surface area contributed by atoms with Crippen LogP contribution < -0.4 is 5.32 Å². The number of nitrogens with zero attached hydrogens (tertiary/aromatic N) is 3. The second kappa shape index (κ2) is 9.02. The first-order chi connectivity index (χ1) is 12.0. The highest BCUT2D eigenvalue weighted by Gasteiger charge is 2.18. The SMILES string of the molecule is CCCN(CCC)C(=O)c1cc(C)nc(Nc2c(Cl)cccc2Cl)n1. The molecule has 134 valence electrons. The van der Waals surface area contributed by atoms with E-state index in [9.17, 15) is 4.79 Å². The van der Waals surface area contributed by atoms with Gasteiger partial charge in [0.15, 0.2) is 0 Å². The van der Waals surface area contributed by atoms with Gasteiger partial charge in [0, 0.05) is 18.8 Å². The van der Waals surface area contributed by atoms with Gasteiger partial charge in [0.05, 0.1) is 15.7 Å². The zero-order valence-electron chi connectivity index (χ0n) is 14.6. The molecule has 0 radical (unpaired) electrons. The van der Waals surface area contributed by atoms with Gasteiger partial charge in [-0.15, -0.1) is 0 Å². The highest BCUT2D eigenvalue weighted by Crippen LogP contribution is 2.31. The molecular weight excluding hydrogens is 359 g/mol. The summed E-state index contributed by atoms with van der Waals surface area (Å²) in [6.07, 6.45) is 1.80. The Morgan fingerprint density at radius 3 is 2.28 bits per heavy atom. The number of para-hydroxylation sites is 1. The Morgan fingerprint density at radius 1 is 1.12 bits per heavy atom. The average molecular weight is 381 g/mol. The molecule has 0 aliphatic heterocycles. The van der Waals surface area contributed by atoms with Crippen LogP contribution in [0.4, 0.5) is 11.6 Å². The maximum Gasteiger partial charge on any atom is 0.272 e. The molecule has 0 aliphatic rings. The molecular formula is C18H22Cl2N4O. The first-order valence-corrected chi connectivity index (χ1v) is 9.07. The van der Waals surface area contributed by atoms with Crippen LogP contribution >= 0.6 is 23.2 Å². The molecule has 2 rings (SSSR count). The predicted octanol–water partition coefficient (Wildman–Crippen LogP) is 5.10. The number of anilines is 2. The van der Waals surface area contributed by atoms with Crippen LogP contribution in [0.15, 0.2) is 24.3 Å². The van der Waals surface area contributed by atoms with Crippen molar-refractivity contribution in [2.24, 2.45) is 0 Å². The number of aryl methyl sites for hydroxylation is 1. The van der Waals surface area contributed by atoms with E-state index in [1.807, 2.05) is 25.7 Å². The van der Waals surface area contributed by atoms with Gasteiger partial charge >= 0.3 is 0 Å². The van der Waals surface area contributed by atoms with E-state index in [1.165, 1.54) is 0 Å². The maximum atomic E-state index is 12.8. The lowest BCUT2D eigenvalue weighted by Crippen LogP contribution is -2.33. The van der Waals surface area contributed by atoms with E-state index < -0.39 is 0 Å². The average Bonchev–Trinajstić information content (AvgIpc) is 2.57. The summed E-state index contributed by atoms with van der Waals surface area (Å²) in [6, 6.07) is 6.90. The van der Waals surface area contributed by atoms with Crippen molar-refractivity contribution in [1.82, 2.24) is 14.9 Å². The summed E-state index contributed by atoms with van der Waals surface area (Å²) >= 11 is 12.4. The second-order valence-corrected chi connectivity index (χ2v) is 6.55. The van der Waals surface area contributed by atoms with Crippen LogP contribution in [0.5, 0.6) is 0 Å². The van der Waals surface area contributed by atoms with Gasteiger partial charge in [-0.05, 0) is 38.0 Å². The molecule has 25 heavy (non-hydrogen) atoms. The fourth-order valence-corrected chi connectivity index (χ4v) is 2.97. The van der Waals surface area contributed by atoms with E-state index in [2.05, 4.69) is 15.3 Å². The predicted molar refractivity (Wildman–Crippen MR) is 103 cm³/mol. The van der Waals surface area contributed by atoms with Crippen molar-refractivity contribution >= 4 is 40.7 Å². The van der Waals surface area contributed by atoms with Gasteiger partial charge in [-0.25, -0.2) is 9.97 Å². The molecule has 1 amide bonds. The molecule has 1 heterocycles. The Hall–Kier alpha value is -1.85. The number of carbonyl (C=O) groups is 1. The van der Waals surface area contributed by atoms with Crippen LogP contribution in [-0.4, -0.2) is 33.9 Å². The fourth-order valence-electron chi connectivity index (χ4n) is 2.48. The molecule has 1 N–H and O–H groups in total. The quantitative estimate of drug-likeness (QED) is 0.725. The minimum absolute atomic E-state index is 0.0949. The Bertz CT molecular complexity index is 726. The van der Waals surface area contributed by atoms with Gasteiger partial charge in [0.25, 0.3) is 5.91 Å². The van der Waals surface area contributed by atoms with E-state index >= 15 is 0 Å². The lowest BCUT2D eigenvalue weighted by atomic mass is 10.2. The minimum atomic E-state index is -0.0949. The van der Waals surface area contributed by atoms with Gasteiger partial charge in [-0.2, -0.15) is 0 Å². The summed E-state index contributed by atoms with van der Waals surface area (Å²) in [5.41, 5.74) is 1.57. The third kappa shape index (κ3) is 5.06. The number of carbonyl (C=O) groups excluding carboxylic acids is 1. The summed E-state index contributed by atoms with van der Waals surface area (Å²) < 4.78 is 0. The zero-order chi connectivity index (χ0) is 18.4. The third-order valence-corrected chi connectivity index (χ3v) is 4.18. The first-order valence-electron chi connectivity index (χ1n) is 8.32. The molecule has 0 bridgehead atoms. The Morgan fingerprint density at radius 2 is 1.72 bits per heavy atom. The summed E-state index contributed by atoms with van der Waals surface area (Å²) in [5, 5.41) is 3.95. The van der Waals surface area contributed by atoms with Gasteiger partial charge in [0.1, 0.15) is 5.69 Å². The molecule has 0 unspecified atom stereocenters. The number of benzene rings is 1. The fraction of sp³-hybridized carbons (Fsp3) is 0.389. The first kappa shape index (κ1) is 19.5. The molecule has 1 aromatic carbocycles.